The molecular formula is C12H15NO2. The molecule has 0 radical (unpaired) electrons. The summed E-state index contributed by atoms with van der Waals surface area (Å²) in [6.07, 6.45) is 1.03. The van der Waals surface area contributed by atoms with Gasteiger partial charge in [0.15, 0.2) is 0 Å². The first-order valence-electron chi connectivity index (χ1n) is 4.92. The lowest BCUT2D eigenvalue weighted by Gasteiger charge is -2.07. The van der Waals surface area contributed by atoms with Crippen molar-refractivity contribution in [2.24, 2.45) is 0 Å². The molecule has 0 aliphatic carbocycles. The summed E-state index contributed by atoms with van der Waals surface area (Å²) in [5.41, 5.74) is 2.12. The molecule has 80 valence electrons. The summed E-state index contributed by atoms with van der Waals surface area (Å²) in [7, 11) is 0. The second-order valence-electron chi connectivity index (χ2n) is 3.65. The van der Waals surface area contributed by atoms with Gasteiger partial charge in [0.1, 0.15) is 6.29 Å². The molecule has 1 rings (SSSR count). The van der Waals surface area contributed by atoms with Crippen molar-refractivity contribution in [3.8, 4) is 0 Å². The van der Waals surface area contributed by atoms with Crippen LogP contribution in [0.2, 0.25) is 0 Å². The molecule has 0 unspecified atom stereocenters. The third kappa shape index (κ3) is 3.94. The maximum atomic E-state index is 11.4. The minimum atomic E-state index is -0.414. The van der Waals surface area contributed by atoms with E-state index in [4.69, 9.17) is 0 Å². The van der Waals surface area contributed by atoms with Gasteiger partial charge >= 0.3 is 0 Å². The standard InChI is InChI=1S/C12H15NO2/c1-9-3-5-11(6-4-9)7-12(15)13-10(2)8-14/h3-6,8,10H,7H2,1-2H3,(H,13,15)/t10-/m0/s1. The molecule has 0 bridgehead atoms. The molecule has 0 aromatic heterocycles. The van der Waals surface area contributed by atoms with Crippen LogP contribution in [0.1, 0.15) is 18.1 Å². The Morgan fingerprint density at radius 2 is 2.00 bits per heavy atom. The van der Waals surface area contributed by atoms with E-state index in [0.717, 1.165) is 5.56 Å². The first-order valence-corrected chi connectivity index (χ1v) is 4.92. The SMILES string of the molecule is Cc1ccc(CC(=O)N[C@@H](C)C=O)cc1. The molecule has 1 atom stereocenters. The number of aryl methyl sites for hydroxylation is 1. The van der Waals surface area contributed by atoms with Crippen molar-refractivity contribution in [2.45, 2.75) is 26.3 Å². The average molecular weight is 205 g/mol. The quantitative estimate of drug-likeness (QED) is 0.752. The Morgan fingerprint density at radius 1 is 1.40 bits per heavy atom. The number of amides is 1. The summed E-state index contributed by atoms with van der Waals surface area (Å²) in [4.78, 5) is 21.7. The fraction of sp³-hybridized carbons (Fsp3) is 0.333. The highest BCUT2D eigenvalue weighted by atomic mass is 16.2. The van der Waals surface area contributed by atoms with Crippen LogP contribution in [-0.2, 0) is 16.0 Å². The summed E-state index contributed by atoms with van der Waals surface area (Å²) < 4.78 is 0. The Hall–Kier alpha value is -1.64. The maximum absolute atomic E-state index is 11.4. The third-order valence-electron chi connectivity index (χ3n) is 2.08. The van der Waals surface area contributed by atoms with Crippen LogP contribution in [0.3, 0.4) is 0 Å². The normalized spacial score (nSPS) is 11.9. The predicted octanol–water partition coefficient (Wildman–Crippen LogP) is 1.24. The minimum Gasteiger partial charge on any atom is -0.347 e. The van der Waals surface area contributed by atoms with Gasteiger partial charge in [0.05, 0.1) is 12.5 Å². The molecule has 0 saturated heterocycles. The van der Waals surface area contributed by atoms with E-state index in [1.807, 2.05) is 31.2 Å². The number of carbonyl (C=O) groups is 2. The molecule has 3 heteroatoms. The summed E-state index contributed by atoms with van der Waals surface area (Å²) in [6.45, 7) is 3.65. The Labute approximate surface area is 89.5 Å². The highest BCUT2D eigenvalue weighted by Gasteiger charge is 2.06. The first kappa shape index (κ1) is 11.4. The first-order chi connectivity index (χ1) is 7.11. The van der Waals surface area contributed by atoms with Crippen LogP contribution < -0.4 is 5.32 Å². The number of nitrogens with one attached hydrogen (secondary N) is 1. The second kappa shape index (κ2) is 5.29. The summed E-state index contributed by atoms with van der Waals surface area (Å²) in [5, 5.41) is 2.59. The lowest BCUT2D eigenvalue weighted by Crippen LogP contribution is -2.34. The van der Waals surface area contributed by atoms with E-state index in [9.17, 15) is 9.59 Å². The lowest BCUT2D eigenvalue weighted by molar-refractivity contribution is -0.123. The van der Waals surface area contributed by atoms with Gasteiger partial charge in [-0.25, -0.2) is 0 Å². The number of rotatable bonds is 4. The van der Waals surface area contributed by atoms with E-state index in [0.29, 0.717) is 12.7 Å². The van der Waals surface area contributed by atoms with Gasteiger partial charge in [-0.05, 0) is 19.4 Å². The third-order valence-corrected chi connectivity index (χ3v) is 2.08. The molecule has 0 heterocycles. The molecular weight excluding hydrogens is 190 g/mol. The van der Waals surface area contributed by atoms with Crippen molar-refractivity contribution >= 4 is 12.2 Å². The van der Waals surface area contributed by atoms with Crippen LogP contribution in [0.5, 0.6) is 0 Å². The van der Waals surface area contributed by atoms with E-state index in [1.54, 1.807) is 6.92 Å². The average Bonchev–Trinajstić information content (AvgIpc) is 2.21. The van der Waals surface area contributed by atoms with Crippen molar-refractivity contribution in [3.63, 3.8) is 0 Å². The van der Waals surface area contributed by atoms with E-state index >= 15 is 0 Å². The van der Waals surface area contributed by atoms with Gasteiger partial charge < -0.3 is 10.1 Å². The smallest absolute Gasteiger partial charge is 0.224 e. The Bertz CT molecular complexity index is 343. The second-order valence-corrected chi connectivity index (χ2v) is 3.65. The molecule has 1 N–H and O–H groups in total. The van der Waals surface area contributed by atoms with E-state index in [1.165, 1.54) is 5.56 Å². The number of hydrogen-bond acceptors (Lipinski definition) is 2. The highest BCUT2D eigenvalue weighted by molar-refractivity contribution is 5.81. The van der Waals surface area contributed by atoms with Crippen LogP contribution in [0.4, 0.5) is 0 Å². The fourth-order valence-electron chi connectivity index (χ4n) is 1.23. The van der Waals surface area contributed by atoms with Gasteiger partial charge in [-0.2, -0.15) is 0 Å². The molecule has 15 heavy (non-hydrogen) atoms. The van der Waals surface area contributed by atoms with Crippen LogP contribution in [0, 0.1) is 6.92 Å². The molecule has 3 nitrogen and oxygen atoms in total. The molecule has 0 fully saturated rings. The Kier molecular flexibility index (Phi) is 4.03. The molecule has 0 aliphatic heterocycles. The Balaban J connectivity index is 2.51. The molecule has 1 aromatic rings. The van der Waals surface area contributed by atoms with E-state index < -0.39 is 6.04 Å². The molecule has 0 saturated carbocycles. The van der Waals surface area contributed by atoms with Crippen molar-refractivity contribution in [1.82, 2.24) is 5.32 Å². The largest absolute Gasteiger partial charge is 0.347 e. The molecule has 1 aromatic carbocycles. The Morgan fingerprint density at radius 3 is 2.53 bits per heavy atom. The lowest BCUT2D eigenvalue weighted by atomic mass is 10.1. The predicted molar refractivity (Wildman–Crippen MR) is 58.6 cm³/mol. The van der Waals surface area contributed by atoms with Crippen molar-refractivity contribution in [2.75, 3.05) is 0 Å². The molecule has 0 spiro atoms. The zero-order valence-corrected chi connectivity index (χ0v) is 8.99. The van der Waals surface area contributed by atoms with Crippen LogP contribution in [-0.4, -0.2) is 18.2 Å². The van der Waals surface area contributed by atoms with Gasteiger partial charge in [-0.15, -0.1) is 0 Å². The number of aldehydes is 1. The van der Waals surface area contributed by atoms with Gasteiger partial charge in [0.25, 0.3) is 0 Å². The monoisotopic (exact) mass is 205 g/mol. The van der Waals surface area contributed by atoms with Crippen molar-refractivity contribution < 1.29 is 9.59 Å². The molecule has 1 amide bonds. The van der Waals surface area contributed by atoms with Gasteiger partial charge in [-0.3, -0.25) is 4.79 Å². The highest BCUT2D eigenvalue weighted by Crippen LogP contribution is 2.03. The number of hydrogen-bond donors (Lipinski definition) is 1. The van der Waals surface area contributed by atoms with Crippen LogP contribution in [0.25, 0.3) is 0 Å². The van der Waals surface area contributed by atoms with Gasteiger partial charge in [0.2, 0.25) is 5.91 Å². The zero-order valence-electron chi connectivity index (χ0n) is 8.99. The van der Waals surface area contributed by atoms with Gasteiger partial charge in [0, 0.05) is 0 Å². The summed E-state index contributed by atoms with van der Waals surface area (Å²) >= 11 is 0. The van der Waals surface area contributed by atoms with Crippen molar-refractivity contribution in [3.05, 3.63) is 35.4 Å². The minimum absolute atomic E-state index is 0.126. The van der Waals surface area contributed by atoms with Crippen LogP contribution in [0.15, 0.2) is 24.3 Å². The summed E-state index contributed by atoms with van der Waals surface area (Å²) in [5.74, 6) is -0.126. The maximum Gasteiger partial charge on any atom is 0.224 e. The molecule has 0 aliphatic rings. The number of benzene rings is 1. The van der Waals surface area contributed by atoms with Crippen LogP contribution >= 0.6 is 0 Å². The summed E-state index contributed by atoms with van der Waals surface area (Å²) in [6, 6.07) is 7.35. The van der Waals surface area contributed by atoms with E-state index in [2.05, 4.69) is 5.32 Å². The zero-order chi connectivity index (χ0) is 11.3. The van der Waals surface area contributed by atoms with Gasteiger partial charge in [-0.1, -0.05) is 29.8 Å². The number of carbonyl (C=O) groups excluding carboxylic acids is 2. The van der Waals surface area contributed by atoms with E-state index in [-0.39, 0.29) is 5.91 Å². The van der Waals surface area contributed by atoms with Crippen molar-refractivity contribution in [1.29, 1.82) is 0 Å². The fourth-order valence-corrected chi connectivity index (χ4v) is 1.23. The topological polar surface area (TPSA) is 46.2 Å².